The van der Waals surface area contributed by atoms with Crippen LogP contribution in [-0.4, -0.2) is 11.1 Å². The van der Waals surface area contributed by atoms with Crippen molar-refractivity contribution in [3.05, 3.63) is 59.6 Å². The maximum atomic E-state index is 13.8. The normalized spacial score (nSPS) is 14.1. The second kappa shape index (κ2) is 4.84. The molecule has 0 aliphatic rings. The standard InChI is InChI=1S/C14H12F2O3/c1-14(13(17)18,8-9-4-3-7-19-9)10-5-2-6-11(15)12(10)16/h2-7H,8H2,1H3,(H,17,18). The zero-order valence-corrected chi connectivity index (χ0v) is 10.2. The highest BCUT2D eigenvalue weighted by atomic mass is 19.2. The van der Waals surface area contributed by atoms with Crippen molar-refractivity contribution in [2.24, 2.45) is 0 Å². The van der Waals surface area contributed by atoms with Crippen LogP contribution < -0.4 is 0 Å². The van der Waals surface area contributed by atoms with Gasteiger partial charge in [-0.2, -0.15) is 0 Å². The van der Waals surface area contributed by atoms with Crippen molar-refractivity contribution in [3.8, 4) is 0 Å². The number of carbonyl (C=O) groups is 1. The lowest BCUT2D eigenvalue weighted by Gasteiger charge is -2.24. The predicted octanol–water partition coefficient (Wildman–Crippen LogP) is 3.14. The molecule has 1 N–H and O–H groups in total. The Balaban J connectivity index is 2.50. The molecule has 3 nitrogen and oxygen atoms in total. The summed E-state index contributed by atoms with van der Waals surface area (Å²) in [5.74, 6) is -3.05. The van der Waals surface area contributed by atoms with Gasteiger partial charge in [-0.05, 0) is 25.1 Å². The molecule has 2 rings (SSSR count). The van der Waals surface area contributed by atoms with E-state index in [9.17, 15) is 18.7 Å². The fraction of sp³-hybridized carbons (Fsp3) is 0.214. The molecule has 0 saturated carbocycles. The average molecular weight is 266 g/mol. The number of carboxylic acid groups (broad SMARTS) is 1. The fourth-order valence-corrected chi connectivity index (χ4v) is 1.98. The molecule has 5 heteroatoms. The average Bonchev–Trinajstić information content (AvgIpc) is 2.85. The summed E-state index contributed by atoms with van der Waals surface area (Å²) in [5, 5.41) is 9.37. The first-order valence-corrected chi connectivity index (χ1v) is 5.65. The number of aliphatic carboxylic acids is 1. The lowest BCUT2D eigenvalue weighted by atomic mass is 9.78. The summed E-state index contributed by atoms with van der Waals surface area (Å²) < 4.78 is 32.2. The Morgan fingerprint density at radius 1 is 1.32 bits per heavy atom. The Morgan fingerprint density at radius 3 is 2.63 bits per heavy atom. The topological polar surface area (TPSA) is 50.4 Å². The van der Waals surface area contributed by atoms with Gasteiger partial charge in [0.05, 0.1) is 11.7 Å². The second-order valence-electron chi connectivity index (χ2n) is 4.49. The number of benzene rings is 1. The van der Waals surface area contributed by atoms with Crippen molar-refractivity contribution < 1.29 is 23.1 Å². The molecule has 0 radical (unpaired) electrons. The molecule has 0 saturated heterocycles. The zero-order valence-electron chi connectivity index (χ0n) is 10.2. The van der Waals surface area contributed by atoms with E-state index in [1.54, 1.807) is 12.1 Å². The van der Waals surface area contributed by atoms with Crippen LogP contribution in [0.15, 0.2) is 41.0 Å². The van der Waals surface area contributed by atoms with Gasteiger partial charge in [0.1, 0.15) is 5.76 Å². The summed E-state index contributed by atoms with van der Waals surface area (Å²) in [5.41, 5.74) is -1.79. The lowest BCUT2D eigenvalue weighted by molar-refractivity contribution is -0.143. The van der Waals surface area contributed by atoms with Crippen molar-refractivity contribution >= 4 is 5.97 Å². The largest absolute Gasteiger partial charge is 0.481 e. The van der Waals surface area contributed by atoms with E-state index in [2.05, 4.69) is 0 Å². The molecule has 1 atom stereocenters. The van der Waals surface area contributed by atoms with Gasteiger partial charge in [-0.1, -0.05) is 12.1 Å². The molecule has 2 aromatic rings. The van der Waals surface area contributed by atoms with E-state index >= 15 is 0 Å². The molecule has 100 valence electrons. The van der Waals surface area contributed by atoms with Crippen LogP contribution in [0.5, 0.6) is 0 Å². The first-order valence-electron chi connectivity index (χ1n) is 5.65. The third kappa shape index (κ3) is 2.36. The number of furan rings is 1. The highest BCUT2D eigenvalue weighted by Gasteiger charge is 2.39. The molecule has 1 unspecified atom stereocenters. The van der Waals surface area contributed by atoms with E-state index in [1.807, 2.05) is 0 Å². The van der Waals surface area contributed by atoms with Gasteiger partial charge in [0.25, 0.3) is 0 Å². The van der Waals surface area contributed by atoms with Crippen LogP contribution in [0.3, 0.4) is 0 Å². The number of hydrogen-bond donors (Lipinski definition) is 1. The molecule has 0 fully saturated rings. The summed E-state index contributed by atoms with van der Waals surface area (Å²) in [4.78, 5) is 11.5. The third-order valence-corrected chi connectivity index (χ3v) is 3.13. The van der Waals surface area contributed by atoms with Crippen LogP contribution in [0.2, 0.25) is 0 Å². The second-order valence-corrected chi connectivity index (χ2v) is 4.49. The maximum absolute atomic E-state index is 13.8. The van der Waals surface area contributed by atoms with Gasteiger partial charge in [-0.25, -0.2) is 8.78 Å². The van der Waals surface area contributed by atoms with Crippen molar-refractivity contribution in [2.45, 2.75) is 18.8 Å². The number of rotatable bonds is 4. The minimum Gasteiger partial charge on any atom is -0.481 e. The highest BCUT2D eigenvalue weighted by Crippen LogP contribution is 2.31. The van der Waals surface area contributed by atoms with E-state index in [0.29, 0.717) is 5.76 Å². The van der Waals surface area contributed by atoms with E-state index in [1.165, 1.54) is 25.3 Å². The Bertz CT molecular complexity index is 593. The van der Waals surface area contributed by atoms with Gasteiger partial charge in [0.2, 0.25) is 0 Å². The molecule has 19 heavy (non-hydrogen) atoms. The molecule has 0 spiro atoms. The zero-order chi connectivity index (χ0) is 14.0. The summed E-state index contributed by atoms with van der Waals surface area (Å²) in [7, 11) is 0. The van der Waals surface area contributed by atoms with Crippen LogP contribution >= 0.6 is 0 Å². The van der Waals surface area contributed by atoms with E-state index in [0.717, 1.165) is 6.07 Å². The maximum Gasteiger partial charge on any atom is 0.314 e. The molecular formula is C14H12F2O3. The van der Waals surface area contributed by atoms with Crippen LogP contribution in [0.4, 0.5) is 8.78 Å². The SMILES string of the molecule is CC(Cc1ccco1)(C(=O)O)c1cccc(F)c1F. The summed E-state index contributed by atoms with van der Waals surface area (Å²) >= 11 is 0. The van der Waals surface area contributed by atoms with E-state index in [-0.39, 0.29) is 12.0 Å². The first-order chi connectivity index (χ1) is 8.95. The van der Waals surface area contributed by atoms with Crippen LogP contribution in [0.1, 0.15) is 18.2 Å². The smallest absolute Gasteiger partial charge is 0.314 e. The van der Waals surface area contributed by atoms with Gasteiger partial charge in [-0.15, -0.1) is 0 Å². The molecule has 1 heterocycles. The fourth-order valence-electron chi connectivity index (χ4n) is 1.98. The molecule has 0 amide bonds. The summed E-state index contributed by atoms with van der Waals surface area (Å²) in [6.45, 7) is 1.34. The van der Waals surface area contributed by atoms with Gasteiger partial charge >= 0.3 is 5.97 Å². The number of halogens is 2. The highest BCUT2D eigenvalue weighted by molar-refractivity contribution is 5.81. The van der Waals surface area contributed by atoms with Gasteiger partial charge in [-0.3, -0.25) is 4.79 Å². The van der Waals surface area contributed by atoms with Crippen LogP contribution in [-0.2, 0) is 16.6 Å². The van der Waals surface area contributed by atoms with Crippen LogP contribution in [0, 0.1) is 11.6 Å². The third-order valence-electron chi connectivity index (χ3n) is 3.13. The molecule has 0 bridgehead atoms. The van der Waals surface area contributed by atoms with Crippen molar-refractivity contribution in [3.63, 3.8) is 0 Å². The monoisotopic (exact) mass is 266 g/mol. The van der Waals surface area contributed by atoms with Crippen molar-refractivity contribution in [2.75, 3.05) is 0 Å². The molecule has 0 aliphatic heterocycles. The van der Waals surface area contributed by atoms with Crippen molar-refractivity contribution in [1.29, 1.82) is 0 Å². The lowest BCUT2D eigenvalue weighted by Crippen LogP contribution is -2.36. The molecule has 1 aromatic heterocycles. The predicted molar refractivity (Wildman–Crippen MR) is 63.8 cm³/mol. The number of carboxylic acids is 1. The minimum atomic E-state index is -1.59. The Hall–Kier alpha value is -2.17. The molecular weight excluding hydrogens is 254 g/mol. The number of hydrogen-bond acceptors (Lipinski definition) is 2. The van der Waals surface area contributed by atoms with E-state index in [4.69, 9.17) is 4.42 Å². The molecule has 0 aliphatic carbocycles. The van der Waals surface area contributed by atoms with Crippen LogP contribution in [0.25, 0.3) is 0 Å². The quantitative estimate of drug-likeness (QED) is 0.924. The molecule has 1 aromatic carbocycles. The van der Waals surface area contributed by atoms with Gasteiger partial charge in [0, 0.05) is 12.0 Å². The Morgan fingerprint density at radius 2 is 2.05 bits per heavy atom. The Kier molecular flexibility index (Phi) is 3.38. The first kappa shape index (κ1) is 13.3. The minimum absolute atomic E-state index is 0.0598. The van der Waals surface area contributed by atoms with Crippen molar-refractivity contribution in [1.82, 2.24) is 0 Å². The van der Waals surface area contributed by atoms with E-state index < -0.39 is 23.0 Å². The Labute approximate surface area is 108 Å². The summed E-state index contributed by atoms with van der Waals surface area (Å²) in [6, 6.07) is 6.72. The summed E-state index contributed by atoms with van der Waals surface area (Å²) in [6.07, 6.45) is 1.34. The van der Waals surface area contributed by atoms with Gasteiger partial charge in [0.15, 0.2) is 11.6 Å². The van der Waals surface area contributed by atoms with Gasteiger partial charge < -0.3 is 9.52 Å².